The minimum atomic E-state index is -0.927. The molecule has 0 saturated heterocycles. The van der Waals surface area contributed by atoms with E-state index < -0.39 is 5.97 Å². The highest BCUT2D eigenvalue weighted by Crippen LogP contribution is 2.04. The van der Waals surface area contributed by atoms with Crippen LogP contribution in [0.1, 0.15) is 22.8 Å². The van der Waals surface area contributed by atoms with Crippen molar-refractivity contribution in [3.05, 3.63) is 35.4 Å². The van der Waals surface area contributed by atoms with Crippen molar-refractivity contribution in [1.29, 1.82) is 0 Å². The first-order chi connectivity index (χ1) is 7.09. The van der Waals surface area contributed by atoms with Crippen LogP contribution >= 0.6 is 0 Å². The molecule has 4 heteroatoms. The zero-order chi connectivity index (χ0) is 11.3. The third-order valence-electron chi connectivity index (χ3n) is 1.99. The highest BCUT2D eigenvalue weighted by atomic mass is 16.4. The summed E-state index contributed by atoms with van der Waals surface area (Å²) in [4.78, 5) is 21.1. The smallest absolute Gasteiger partial charge is 0.335 e. The summed E-state index contributed by atoms with van der Waals surface area (Å²) in [6.07, 6.45) is 0.708. The molecule has 0 saturated carbocycles. The summed E-state index contributed by atoms with van der Waals surface area (Å²) in [6, 6.07) is 6.63. The van der Waals surface area contributed by atoms with Gasteiger partial charge in [-0.05, 0) is 24.1 Å². The molecule has 0 aromatic heterocycles. The van der Waals surface area contributed by atoms with Crippen molar-refractivity contribution in [2.75, 3.05) is 6.54 Å². The molecule has 0 heterocycles. The second-order valence-corrected chi connectivity index (χ2v) is 3.24. The monoisotopic (exact) mass is 207 g/mol. The topological polar surface area (TPSA) is 66.4 Å². The quantitative estimate of drug-likeness (QED) is 0.775. The second kappa shape index (κ2) is 5.14. The van der Waals surface area contributed by atoms with E-state index in [0.29, 0.717) is 13.0 Å². The van der Waals surface area contributed by atoms with Crippen LogP contribution in [0.25, 0.3) is 0 Å². The molecule has 1 amide bonds. The van der Waals surface area contributed by atoms with Crippen molar-refractivity contribution in [2.45, 2.75) is 13.3 Å². The van der Waals surface area contributed by atoms with Gasteiger partial charge in [-0.1, -0.05) is 12.1 Å². The fourth-order valence-electron chi connectivity index (χ4n) is 1.20. The van der Waals surface area contributed by atoms with Crippen LogP contribution in [-0.4, -0.2) is 23.5 Å². The summed E-state index contributed by atoms with van der Waals surface area (Å²) in [5.74, 6) is -0.986. The molecule has 1 aromatic carbocycles. The lowest BCUT2D eigenvalue weighted by Gasteiger charge is -2.02. The third kappa shape index (κ3) is 3.81. The largest absolute Gasteiger partial charge is 0.478 e. The number of hydrogen-bond donors (Lipinski definition) is 2. The summed E-state index contributed by atoms with van der Waals surface area (Å²) in [5.41, 5.74) is 1.28. The Bertz CT molecular complexity index is 357. The highest BCUT2D eigenvalue weighted by Gasteiger charge is 2.01. The summed E-state index contributed by atoms with van der Waals surface area (Å²) in [6.45, 7) is 2.04. The van der Waals surface area contributed by atoms with Crippen LogP contribution in [0.2, 0.25) is 0 Å². The fourth-order valence-corrected chi connectivity index (χ4v) is 1.20. The Balaban J connectivity index is 2.50. The number of amides is 1. The molecule has 0 fully saturated rings. The van der Waals surface area contributed by atoms with Crippen LogP contribution in [0.15, 0.2) is 24.3 Å². The number of aromatic carboxylic acids is 1. The summed E-state index contributed by atoms with van der Waals surface area (Å²) in [7, 11) is 0. The maximum Gasteiger partial charge on any atom is 0.335 e. The van der Waals surface area contributed by atoms with Crippen molar-refractivity contribution in [2.24, 2.45) is 0 Å². The Morgan fingerprint density at radius 3 is 2.33 bits per heavy atom. The van der Waals surface area contributed by atoms with Gasteiger partial charge in [0.15, 0.2) is 0 Å². The lowest BCUT2D eigenvalue weighted by Crippen LogP contribution is -2.22. The first kappa shape index (κ1) is 11.2. The van der Waals surface area contributed by atoms with Crippen LogP contribution in [0, 0.1) is 0 Å². The van der Waals surface area contributed by atoms with Crippen molar-refractivity contribution in [3.8, 4) is 0 Å². The van der Waals surface area contributed by atoms with E-state index >= 15 is 0 Å². The number of carbonyl (C=O) groups excluding carboxylic acids is 1. The normalized spacial score (nSPS) is 9.67. The predicted octanol–water partition coefficient (Wildman–Crippen LogP) is 1.06. The summed E-state index contributed by atoms with van der Waals surface area (Å²) in [5, 5.41) is 11.3. The zero-order valence-corrected chi connectivity index (χ0v) is 8.49. The SMILES string of the molecule is CC(=O)NCCc1ccc(C(=O)O)cc1. The third-order valence-corrected chi connectivity index (χ3v) is 1.99. The van der Waals surface area contributed by atoms with Gasteiger partial charge in [-0.2, -0.15) is 0 Å². The van der Waals surface area contributed by atoms with Gasteiger partial charge in [0.05, 0.1) is 5.56 Å². The number of nitrogens with one attached hydrogen (secondary N) is 1. The standard InChI is InChI=1S/C11H13NO3/c1-8(13)12-7-6-9-2-4-10(5-3-9)11(14)15/h2-5H,6-7H2,1H3,(H,12,13)(H,14,15). The first-order valence-corrected chi connectivity index (χ1v) is 4.66. The molecule has 2 N–H and O–H groups in total. The van der Waals surface area contributed by atoms with Gasteiger partial charge in [0.1, 0.15) is 0 Å². The van der Waals surface area contributed by atoms with Gasteiger partial charge in [-0.25, -0.2) is 4.79 Å². The Morgan fingerprint density at radius 2 is 1.87 bits per heavy atom. The van der Waals surface area contributed by atoms with Crippen molar-refractivity contribution >= 4 is 11.9 Å². The highest BCUT2D eigenvalue weighted by molar-refractivity contribution is 5.87. The van der Waals surface area contributed by atoms with Crippen LogP contribution in [0.4, 0.5) is 0 Å². The molecular weight excluding hydrogens is 194 g/mol. The van der Waals surface area contributed by atoms with Crippen LogP contribution in [0.5, 0.6) is 0 Å². The van der Waals surface area contributed by atoms with E-state index in [-0.39, 0.29) is 11.5 Å². The van der Waals surface area contributed by atoms with Crippen LogP contribution in [-0.2, 0) is 11.2 Å². The maximum atomic E-state index is 10.6. The van der Waals surface area contributed by atoms with Gasteiger partial charge in [0, 0.05) is 13.5 Å². The lowest BCUT2D eigenvalue weighted by molar-refractivity contribution is -0.118. The number of hydrogen-bond acceptors (Lipinski definition) is 2. The molecule has 80 valence electrons. The number of rotatable bonds is 4. The molecule has 15 heavy (non-hydrogen) atoms. The molecule has 0 aliphatic heterocycles. The zero-order valence-electron chi connectivity index (χ0n) is 8.49. The van der Waals surface area contributed by atoms with Gasteiger partial charge in [-0.15, -0.1) is 0 Å². The molecule has 0 spiro atoms. The van der Waals surface area contributed by atoms with Crippen molar-refractivity contribution in [1.82, 2.24) is 5.32 Å². The number of carbonyl (C=O) groups is 2. The van der Waals surface area contributed by atoms with Gasteiger partial charge in [0.2, 0.25) is 5.91 Å². The van der Waals surface area contributed by atoms with E-state index in [1.807, 2.05) is 0 Å². The second-order valence-electron chi connectivity index (χ2n) is 3.24. The Kier molecular flexibility index (Phi) is 3.85. The van der Waals surface area contributed by atoms with E-state index in [1.165, 1.54) is 6.92 Å². The Hall–Kier alpha value is -1.84. The van der Waals surface area contributed by atoms with Crippen LogP contribution in [0.3, 0.4) is 0 Å². The molecule has 0 aliphatic rings. The Morgan fingerprint density at radius 1 is 1.27 bits per heavy atom. The van der Waals surface area contributed by atoms with Gasteiger partial charge in [-0.3, -0.25) is 4.79 Å². The minimum absolute atomic E-state index is 0.0582. The van der Waals surface area contributed by atoms with Gasteiger partial charge in [0.25, 0.3) is 0 Å². The maximum absolute atomic E-state index is 10.6. The predicted molar refractivity (Wildman–Crippen MR) is 55.8 cm³/mol. The number of benzene rings is 1. The molecular formula is C11H13NO3. The van der Waals surface area contributed by atoms with E-state index in [4.69, 9.17) is 5.11 Å². The molecule has 0 bridgehead atoms. The molecule has 0 atom stereocenters. The molecule has 0 unspecified atom stereocenters. The van der Waals surface area contributed by atoms with E-state index in [0.717, 1.165) is 5.56 Å². The first-order valence-electron chi connectivity index (χ1n) is 4.66. The minimum Gasteiger partial charge on any atom is -0.478 e. The fraction of sp³-hybridized carbons (Fsp3) is 0.273. The van der Waals surface area contributed by atoms with Crippen molar-refractivity contribution < 1.29 is 14.7 Å². The van der Waals surface area contributed by atoms with E-state index in [9.17, 15) is 9.59 Å². The van der Waals surface area contributed by atoms with Crippen molar-refractivity contribution in [3.63, 3.8) is 0 Å². The van der Waals surface area contributed by atoms with E-state index in [2.05, 4.69) is 5.32 Å². The molecule has 1 aromatic rings. The van der Waals surface area contributed by atoms with Gasteiger partial charge < -0.3 is 10.4 Å². The molecule has 4 nitrogen and oxygen atoms in total. The average molecular weight is 207 g/mol. The number of carboxylic acids is 1. The molecule has 0 radical (unpaired) electrons. The van der Waals surface area contributed by atoms with Crippen LogP contribution < -0.4 is 5.32 Å². The average Bonchev–Trinajstić information content (AvgIpc) is 2.18. The lowest BCUT2D eigenvalue weighted by atomic mass is 10.1. The Labute approximate surface area is 87.9 Å². The molecule has 0 aliphatic carbocycles. The van der Waals surface area contributed by atoms with E-state index in [1.54, 1.807) is 24.3 Å². The van der Waals surface area contributed by atoms with Gasteiger partial charge >= 0.3 is 5.97 Å². The summed E-state index contributed by atoms with van der Waals surface area (Å²) < 4.78 is 0. The summed E-state index contributed by atoms with van der Waals surface area (Å²) >= 11 is 0. The number of carboxylic acid groups (broad SMARTS) is 1. The molecule has 1 rings (SSSR count).